The van der Waals surface area contributed by atoms with Crippen molar-refractivity contribution in [2.24, 2.45) is 5.92 Å². The lowest BCUT2D eigenvalue weighted by Gasteiger charge is -2.22. The zero-order valence-electron chi connectivity index (χ0n) is 12.1. The van der Waals surface area contributed by atoms with Crippen molar-refractivity contribution in [2.45, 2.75) is 64.6 Å². The van der Waals surface area contributed by atoms with Gasteiger partial charge in [0.05, 0.1) is 12.2 Å². The quantitative estimate of drug-likeness (QED) is 0.811. The van der Waals surface area contributed by atoms with E-state index in [1.165, 1.54) is 25.7 Å². The highest BCUT2D eigenvalue weighted by atomic mass is 16.5. The molecule has 1 aliphatic rings. The minimum absolute atomic E-state index is 0.172. The molecular weight excluding hydrogens is 236 g/mol. The van der Waals surface area contributed by atoms with Crippen LogP contribution in [0.2, 0.25) is 0 Å². The third kappa shape index (κ3) is 4.24. The van der Waals surface area contributed by atoms with Crippen molar-refractivity contribution in [3.63, 3.8) is 0 Å². The molecule has 0 amide bonds. The van der Waals surface area contributed by atoms with Crippen LogP contribution >= 0.6 is 0 Å². The predicted octanol–water partition coefficient (Wildman–Crippen LogP) is 4.48. The first kappa shape index (κ1) is 14.4. The molecule has 0 bridgehead atoms. The maximum absolute atomic E-state index is 10.6. The number of rotatable bonds is 4. The van der Waals surface area contributed by atoms with Gasteiger partial charge in [0.1, 0.15) is 5.75 Å². The lowest BCUT2D eigenvalue weighted by atomic mass is 9.89. The van der Waals surface area contributed by atoms with E-state index in [2.05, 4.69) is 0 Å². The van der Waals surface area contributed by atoms with Crippen molar-refractivity contribution >= 4 is 0 Å². The van der Waals surface area contributed by atoms with Gasteiger partial charge in [0.15, 0.2) is 0 Å². The van der Waals surface area contributed by atoms with Crippen LogP contribution in [0.25, 0.3) is 0 Å². The molecule has 1 saturated carbocycles. The largest absolute Gasteiger partial charge is 0.491 e. The molecule has 0 aliphatic heterocycles. The van der Waals surface area contributed by atoms with Gasteiger partial charge in [-0.15, -0.1) is 0 Å². The number of hydrogen-bond donors (Lipinski definition) is 1. The molecule has 2 nitrogen and oxygen atoms in total. The van der Waals surface area contributed by atoms with Gasteiger partial charge in [-0.1, -0.05) is 37.8 Å². The summed E-state index contributed by atoms with van der Waals surface area (Å²) < 4.78 is 5.71. The van der Waals surface area contributed by atoms with Crippen molar-refractivity contribution < 1.29 is 9.84 Å². The van der Waals surface area contributed by atoms with Crippen molar-refractivity contribution in [1.82, 2.24) is 0 Å². The van der Waals surface area contributed by atoms with E-state index < -0.39 is 0 Å². The van der Waals surface area contributed by atoms with E-state index >= 15 is 0 Å². The molecule has 2 rings (SSSR count). The van der Waals surface area contributed by atoms with Gasteiger partial charge in [0, 0.05) is 0 Å². The Morgan fingerprint density at radius 3 is 2.42 bits per heavy atom. The second-order valence-electron chi connectivity index (χ2n) is 5.94. The van der Waals surface area contributed by atoms with Crippen LogP contribution in [-0.4, -0.2) is 11.2 Å². The third-order valence-electron chi connectivity index (χ3n) is 3.92. The number of benzene rings is 1. The minimum atomic E-state index is -0.339. The Balaban J connectivity index is 2.06. The van der Waals surface area contributed by atoms with Crippen molar-refractivity contribution in [2.75, 3.05) is 0 Å². The molecule has 0 heterocycles. The Labute approximate surface area is 116 Å². The molecule has 1 aliphatic carbocycles. The van der Waals surface area contributed by atoms with E-state index in [-0.39, 0.29) is 12.2 Å². The van der Waals surface area contributed by atoms with Gasteiger partial charge in [0.25, 0.3) is 0 Å². The molecule has 1 N–H and O–H groups in total. The third-order valence-corrected chi connectivity index (χ3v) is 3.92. The van der Waals surface area contributed by atoms with Gasteiger partial charge in [-0.25, -0.2) is 0 Å². The summed E-state index contributed by atoms with van der Waals surface area (Å²) in [6.45, 7) is 4.04. The summed E-state index contributed by atoms with van der Waals surface area (Å²) in [4.78, 5) is 0. The molecule has 0 saturated heterocycles. The molecular formula is C17H26O2. The Morgan fingerprint density at radius 2 is 1.79 bits per heavy atom. The Kier molecular flexibility index (Phi) is 5.26. The molecule has 19 heavy (non-hydrogen) atoms. The van der Waals surface area contributed by atoms with Crippen molar-refractivity contribution in [1.29, 1.82) is 0 Å². The Bertz CT molecular complexity index is 379. The highest BCUT2D eigenvalue weighted by Gasteiger charge is 2.22. The van der Waals surface area contributed by atoms with Crippen LogP contribution < -0.4 is 4.74 Å². The van der Waals surface area contributed by atoms with E-state index in [1.807, 2.05) is 38.1 Å². The summed E-state index contributed by atoms with van der Waals surface area (Å²) in [5.41, 5.74) is 1.00. The van der Waals surface area contributed by atoms with Crippen LogP contribution in [0.5, 0.6) is 5.75 Å². The van der Waals surface area contributed by atoms with E-state index in [4.69, 9.17) is 4.74 Å². The first-order valence-electron chi connectivity index (χ1n) is 7.61. The fourth-order valence-corrected chi connectivity index (χ4v) is 2.94. The summed E-state index contributed by atoms with van der Waals surface area (Å²) in [6.07, 6.45) is 7.28. The van der Waals surface area contributed by atoms with Gasteiger partial charge in [0.2, 0.25) is 0 Å². The summed E-state index contributed by atoms with van der Waals surface area (Å²) in [5.74, 6) is 1.27. The fraction of sp³-hybridized carbons (Fsp3) is 0.647. The summed E-state index contributed by atoms with van der Waals surface area (Å²) in [6, 6.07) is 7.95. The lowest BCUT2D eigenvalue weighted by Crippen LogP contribution is -2.12. The zero-order valence-corrected chi connectivity index (χ0v) is 12.1. The van der Waals surface area contributed by atoms with Crippen LogP contribution in [-0.2, 0) is 0 Å². The number of aliphatic hydroxyl groups excluding tert-OH is 1. The van der Waals surface area contributed by atoms with Crippen LogP contribution in [0.4, 0.5) is 0 Å². The van der Waals surface area contributed by atoms with Gasteiger partial charge in [-0.2, -0.15) is 0 Å². The highest BCUT2D eigenvalue weighted by Crippen LogP contribution is 2.34. The maximum atomic E-state index is 10.6. The average molecular weight is 262 g/mol. The Hall–Kier alpha value is -1.02. The average Bonchev–Trinajstić information content (AvgIpc) is 2.66. The predicted molar refractivity (Wildman–Crippen MR) is 78.4 cm³/mol. The molecule has 2 heteroatoms. The normalized spacial score (nSPS) is 19.2. The molecule has 0 spiro atoms. The second-order valence-corrected chi connectivity index (χ2v) is 5.94. The summed E-state index contributed by atoms with van der Waals surface area (Å²) in [5, 5.41) is 10.6. The van der Waals surface area contributed by atoms with E-state index in [9.17, 15) is 5.11 Å². The van der Waals surface area contributed by atoms with Crippen LogP contribution in [0.3, 0.4) is 0 Å². The van der Waals surface area contributed by atoms with E-state index in [0.29, 0.717) is 5.92 Å². The van der Waals surface area contributed by atoms with Crippen molar-refractivity contribution in [3.05, 3.63) is 29.8 Å². The smallest absolute Gasteiger partial charge is 0.120 e. The topological polar surface area (TPSA) is 29.5 Å². The van der Waals surface area contributed by atoms with Gasteiger partial charge >= 0.3 is 0 Å². The van der Waals surface area contributed by atoms with Crippen LogP contribution in [0.1, 0.15) is 64.0 Å². The first-order chi connectivity index (χ1) is 9.16. The SMILES string of the molecule is CC(C)Oc1cccc(C(O)C2CCCCCC2)c1. The zero-order chi connectivity index (χ0) is 13.7. The standard InChI is InChI=1S/C17H26O2/c1-13(2)19-16-11-7-10-15(12-16)17(18)14-8-5-3-4-6-9-14/h7,10-14,17-18H,3-6,8-9H2,1-2H3. The number of aliphatic hydroxyl groups is 1. The molecule has 0 radical (unpaired) electrons. The molecule has 1 unspecified atom stereocenters. The summed E-state index contributed by atoms with van der Waals surface area (Å²) in [7, 11) is 0. The van der Waals surface area contributed by atoms with Crippen LogP contribution in [0, 0.1) is 5.92 Å². The molecule has 1 fully saturated rings. The van der Waals surface area contributed by atoms with Gasteiger partial charge in [-0.05, 0) is 50.3 Å². The molecule has 0 aromatic heterocycles. The molecule has 106 valence electrons. The molecule has 1 aromatic carbocycles. The monoisotopic (exact) mass is 262 g/mol. The van der Waals surface area contributed by atoms with Gasteiger partial charge in [-0.3, -0.25) is 0 Å². The number of hydrogen-bond acceptors (Lipinski definition) is 2. The summed E-state index contributed by atoms with van der Waals surface area (Å²) >= 11 is 0. The number of ether oxygens (including phenoxy) is 1. The van der Waals surface area contributed by atoms with Crippen molar-refractivity contribution in [3.8, 4) is 5.75 Å². The molecule has 1 aromatic rings. The molecule has 1 atom stereocenters. The minimum Gasteiger partial charge on any atom is -0.491 e. The van der Waals surface area contributed by atoms with E-state index in [0.717, 1.165) is 24.2 Å². The lowest BCUT2D eigenvalue weighted by molar-refractivity contribution is 0.0983. The first-order valence-corrected chi connectivity index (χ1v) is 7.61. The highest BCUT2D eigenvalue weighted by molar-refractivity contribution is 5.30. The van der Waals surface area contributed by atoms with Crippen LogP contribution in [0.15, 0.2) is 24.3 Å². The second kappa shape index (κ2) is 6.95. The van der Waals surface area contributed by atoms with E-state index in [1.54, 1.807) is 0 Å². The Morgan fingerprint density at radius 1 is 1.11 bits per heavy atom. The maximum Gasteiger partial charge on any atom is 0.120 e. The van der Waals surface area contributed by atoms with Gasteiger partial charge < -0.3 is 9.84 Å². The fourth-order valence-electron chi connectivity index (χ4n) is 2.94.